The average Bonchev–Trinajstić information content (AvgIpc) is 3.70. The smallest absolute Gasteiger partial charge is 0.320 e. The van der Waals surface area contributed by atoms with Gasteiger partial charge in [-0.25, -0.2) is 24.1 Å². The van der Waals surface area contributed by atoms with Gasteiger partial charge in [-0.3, -0.25) is 10.1 Å². The molecule has 5 unspecified atom stereocenters. The second-order valence-electron chi connectivity index (χ2n) is 11.3. The van der Waals surface area contributed by atoms with Crippen LogP contribution >= 0.6 is 0 Å². The van der Waals surface area contributed by atoms with Crippen LogP contribution in [0.3, 0.4) is 0 Å². The highest BCUT2D eigenvalue weighted by Gasteiger charge is 2.56. The Hall–Kier alpha value is -4.76. The number of amides is 3. The van der Waals surface area contributed by atoms with Gasteiger partial charge >= 0.3 is 6.03 Å². The van der Waals surface area contributed by atoms with Crippen molar-refractivity contribution in [1.82, 2.24) is 24.8 Å². The van der Waals surface area contributed by atoms with Gasteiger partial charge < -0.3 is 34.9 Å². The van der Waals surface area contributed by atoms with Crippen molar-refractivity contribution in [3.05, 3.63) is 84.2 Å². The molecule has 1 aliphatic carbocycles. The van der Waals surface area contributed by atoms with E-state index in [0.29, 0.717) is 24.1 Å². The number of fused-ring (bicyclic) bond motifs is 2. The van der Waals surface area contributed by atoms with E-state index in [4.69, 9.17) is 9.47 Å². The molecular formula is C32H34FN7O6. The van der Waals surface area contributed by atoms with E-state index >= 15 is 0 Å². The fourth-order valence-electron chi connectivity index (χ4n) is 6.12. The summed E-state index contributed by atoms with van der Waals surface area (Å²) in [6, 6.07) is 12.7. The lowest BCUT2D eigenvalue weighted by molar-refractivity contribution is -0.139. The van der Waals surface area contributed by atoms with E-state index in [-0.39, 0.29) is 35.4 Å². The van der Waals surface area contributed by atoms with Gasteiger partial charge in [-0.1, -0.05) is 48.5 Å². The molecule has 3 amide bonds. The van der Waals surface area contributed by atoms with E-state index < -0.39 is 42.0 Å². The van der Waals surface area contributed by atoms with Gasteiger partial charge in [-0.05, 0) is 43.9 Å². The normalized spacial score (nSPS) is 24.0. The van der Waals surface area contributed by atoms with Crippen molar-refractivity contribution in [2.24, 2.45) is 5.92 Å². The molecular weight excluding hydrogens is 597 g/mol. The van der Waals surface area contributed by atoms with Gasteiger partial charge in [-0.2, -0.15) is 0 Å². The summed E-state index contributed by atoms with van der Waals surface area (Å²) in [6.45, 7) is 4.03. The number of hydrogen-bond donors (Lipinski definition) is 5. The highest BCUT2D eigenvalue weighted by Crippen LogP contribution is 2.49. The predicted molar refractivity (Wildman–Crippen MR) is 166 cm³/mol. The molecule has 6 rings (SSSR count). The maximum atomic E-state index is 14.6. The van der Waals surface area contributed by atoms with E-state index in [1.807, 2.05) is 47.1 Å². The zero-order valence-electron chi connectivity index (χ0n) is 25.1. The number of imidazole rings is 1. The van der Waals surface area contributed by atoms with Gasteiger partial charge in [0.2, 0.25) is 5.91 Å². The third kappa shape index (κ3) is 6.33. The first-order valence-corrected chi connectivity index (χ1v) is 14.9. The summed E-state index contributed by atoms with van der Waals surface area (Å²) >= 11 is 0. The van der Waals surface area contributed by atoms with E-state index in [0.717, 1.165) is 11.6 Å². The molecule has 2 aliphatic rings. The van der Waals surface area contributed by atoms with Gasteiger partial charge in [0, 0.05) is 18.5 Å². The topological polar surface area (TPSA) is 173 Å². The van der Waals surface area contributed by atoms with Gasteiger partial charge in [-0.15, -0.1) is 0 Å². The Labute approximate surface area is 263 Å². The Balaban J connectivity index is 1.30. The van der Waals surface area contributed by atoms with Crippen LogP contribution in [0, 0.1) is 11.7 Å². The summed E-state index contributed by atoms with van der Waals surface area (Å²) in [5.74, 6) is -2.59. The number of hydrogen-bond acceptors (Lipinski definition) is 9. The van der Waals surface area contributed by atoms with Crippen molar-refractivity contribution in [1.29, 1.82) is 0 Å². The average molecular weight is 632 g/mol. The van der Waals surface area contributed by atoms with Crippen LogP contribution in [0.5, 0.6) is 0 Å². The summed E-state index contributed by atoms with van der Waals surface area (Å²) in [5.41, 5.74) is 1.34. The number of rotatable bonds is 9. The molecule has 1 saturated heterocycles. The Morgan fingerprint density at radius 1 is 1.09 bits per heavy atom. The zero-order chi connectivity index (χ0) is 32.4. The van der Waals surface area contributed by atoms with Crippen molar-refractivity contribution < 1.29 is 33.7 Å². The Morgan fingerprint density at radius 2 is 1.87 bits per heavy atom. The molecule has 3 heterocycles. The molecule has 0 spiro atoms. The maximum Gasteiger partial charge on any atom is 0.320 e. The molecule has 13 nitrogen and oxygen atoms in total. The molecule has 2 aromatic carbocycles. The molecule has 0 radical (unpaired) electrons. The minimum Gasteiger partial charge on any atom is -0.364 e. The SMILES string of the molecule is CCNC(=O)Nc1ncnc2c1ncn2C1CC(CC(=O)Nc2c(F)cccc2C(O)O)C2OC(C)(/C=C/c3ccccc3)OC21. The second-order valence-corrected chi connectivity index (χ2v) is 11.3. The molecule has 1 aliphatic heterocycles. The number of urea groups is 1. The standard InChI is InChI=1S/C32H34FN7O6/c1-3-34-31(44)39-28-25-29(36-16-35-28)40(17-37-25)22-14-19(15-23(41)38-24-20(30(42)43)10-7-11-21(24)33)26-27(22)46-32(2,45-26)13-12-18-8-5-4-6-9-18/h4-13,16-17,19,22,26-27,30,42-43H,3,14-15H2,1-2H3,(H,38,41)(H2,34,35,36,39,44)/b13-12+. The monoisotopic (exact) mass is 631 g/mol. The minimum absolute atomic E-state index is 0.0690. The molecule has 5 atom stereocenters. The lowest BCUT2D eigenvalue weighted by Gasteiger charge is -2.25. The number of aliphatic hydroxyl groups is 2. The fraction of sp³-hybridized carbons (Fsp3) is 0.344. The minimum atomic E-state index is -1.97. The van der Waals surface area contributed by atoms with E-state index in [1.54, 1.807) is 20.2 Å². The lowest BCUT2D eigenvalue weighted by Crippen LogP contribution is -2.29. The lowest BCUT2D eigenvalue weighted by atomic mass is 10.00. The zero-order valence-corrected chi connectivity index (χ0v) is 25.1. The molecule has 1 saturated carbocycles. The summed E-state index contributed by atoms with van der Waals surface area (Å²) in [7, 11) is 0. The fourth-order valence-corrected chi connectivity index (χ4v) is 6.12. The van der Waals surface area contributed by atoms with Crippen molar-refractivity contribution in [2.45, 2.75) is 57.0 Å². The van der Waals surface area contributed by atoms with E-state index in [2.05, 4.69) is 30.9 Å². The third-order valence-electron chi connectivity index (χ3n) is 8.15. The summed E-state index contributed by atoms with van der Waals surface area (Å²) < 4.78 is 29.6. The Morgan fingerprint density at radius 3 is 2.63 bits per heavy atom. The molecule has 46 heavy (non-hydrogen) atoms. The number of anilines is 2. The quantitative estimate of drug-likeness (QED) is 0.172. The molecule has 14 heteroatoms. The highest BCUT2D eigenvalue weighted by molar-refractivity contribution is 5.96. The number of ether oxygens (including phenoxy) is 2. The predicted octanol–water partition coefficient (Wildman–Crippen LogP) is 3.89. The van der Waals surface area contributed by atoms with Crippen molar-refractivity contribution in [3.63, 3.8) is 0 Å². The Bertz CT molecular complexity index is 1770. The molecule has 240 valence electrons. The third-order valence-corrected chi connectivity index (χ3v) is 8.15. The van der Waals surface area contributed by atoms with Crippen LogP contribution in [-0.4, -0.2) is 66.2 Å². The van der Waals surface area contributed by atoms with Crippen LogP contribution in [-0.2, 0) is 14.3 Å². The number of para-hydroxylation sites is 1. The number of benzene rings is 2. The highest BCUT2D eigenvalue weighted by atomic mass is 19.1. The van der Waals surface area contributed by atoms with Crippen LogP contribution in [0.2, 0.25) is 0 Å². The van der Waals surface area contributed by atoms with Crippen LogP contribution < -0.4 is 16.0 Å². The van der Waals surface area contributed by atoms with E-state index in [9.17, 15) is 24.2 Å². The first kappa shape index (κ1) is 31.2. The van der Waals surface area contributed by atoms with Crippen LogP contribution in [0.4, 0.5) is 20.7 Å². The van der Waals surface area contributed by atoms with E-state index in [1.165, 1.54) is 18.5 Å². The van der Waals surface area contributed by atoms with Gasteiger partial charge in [0.1, 0.15) is 18.2 Å². The largest absolute Gasteiger partial charge is 0.364 e. The van der Waals surface area contributed by atoms with Gasteiger partial charge in [0.15, 0.2) is 29.1 Å². The summed E-state index contributed by atoms with van der Waals surface area (Å²) in [5, 5.41) is 27.3. The van der Waals surface area contributed by atoms with Crippen molar-refractivity contribution >= 4 is 40.7 Å². The number of nitrogens with zero attached hydrogens (tertiary/aromatic N) is 4. The number of halogens is 1. The van der Waals surface area contributed by atoms with Crippen molar-refractivity contribution in [3.8, 4) is 0 Å². The first-order chi connectivity index (χ1) is 22.2. The summed E-state index contributed by atoms with van der Waals surface area (Å²) in [6.07, 6.45) is 3.96. The molecule has 2 aromatic heterocycles. The second kappa shape index (κ2) is 12.9. The molecule has 0 bridgehead atoms. The Kier molecular flexibility index (Phi) is 8.77. The van der Waals surface area contributed by atoms with Crippen LogP contribution in [0.1, 0.15) is 50.1 Å². The number of aliphatic hydroxyl groups excluding tert-OH is 1. The van der Waals surface area contributed by atoms with Gasteiger partial charge in [0.05, 0.1) is 24.2 Å². The molecule has 4 aromatic rings. The first-order valence-electron chi connectivity index (χ1n) is 14.9. The van der Waals surface area contributed by atoms with Crippen molar-refractivity contribution in [2.75, 3.05) is 17.2 Å². The summed E-state index contributed by atoms with van der Waals surface area (Å²) in [4.78, 5) is 38.7. The van der Waals surface area contributed by atoms with Crippen LogP contribution in [0.25, 0.3) is 17.2 Å². The van der Waals surface area contributed by atoms with Gasteiger partial charge in [0.25, 0.3) is 0 Å². The van der Waals surface area contributed by atoms with Crippen LogP contribution in [0.15, 0.2) is 67.3 Å². The molecule has 5 N–H and O–H groups in total. The number of aromatic nitrogens is 4. The maximum absolute atomic E-state index is 14.6. The number of carbonyl (C=O) groups is 2. The number of carbonyl (C=O) groups excluding carboxylic acids is 2. The number of nitrogens with one attached hydrogen (secondary N) is 3. The molecule has 2 fully saturated rings.